The van der Waals surface area contributed by atoms with Crippen LogP contribution in [0.2, 0.25) is 0 Å². The van der Waals surface area contributed by atoms with E-state index in [1.807, 2.05) is 0 Å². The van der Waals surface area contributed by atoms with Gasteiger partial charge in [0.15, 0.2) is 0 Å². The number of aryl methyl sites for hydroxylation is 1. The molecule has 0 bridgehead atoms. The molecule has 0 aliphatic heterocycles. The first-order chi connectivity index (χ1) is 6.15. The minimum atomic E-state index is -1.06. The summed E-state index contributed by atoms with van der Waals surface area (Å²) in [6, 6.07) is 3.33. The second-order valence-electron chi connectivity index (χ2n) is 2.85. The Hall–Kier alpha value is -1.04. The van der Waals surface area contributed by atoms with Crippen LogP contribution in [0.25, 0.3) is 0 Å². The molecule has 1 rings (SSSR count). The molecule has 0 saturated heterocycles. The molecular formula is C8H13N3O2. The van der Waals surface area contributed by atoms with Crippen molar-refractivity contribution >= 4 is 0 Å². The van der Waals surface area contributed by atoms with E-state index >= 15 is 0 Å². The lowest BCUT2D eigenvalue weighted by Gasteiger charge is -2.14. The maximum absolute atomic E-state index is 9.45. The first-order valence-corrected chi connectivity index (χ1v) is 4.01. The average Bonchev–Trinajstić information content (AvgIpc) is 2.17. The zero-order valence-electron chi connectivity index (χ0n) is 7.38. The summed E-state index contributed by atoms with van der Waals surface area (Å²) < 4.78 is 0. The van der Waals surface area contributed by atoms with Crippen molar-refractivity contribution in [2.45, 2.75) is 19.1 Å². The van der Waals surface area contributed by atoms with Gasteiger partial charge in [0.05, 0.1) is 17.5 Å². The number of rotatable bonds is 3. The molecule has 1 aromatic heterocycles. The van der Waals surface area contributed by atoms with Gasteiger partial charge in [-0.05, 0) is 19.1 Å². The molecule has 13 heavy (non-hydrogen) atoms. The molecule has 0 amide bonds. The average molecular weight is 183 g/mol. The minimum Gasteiger partial charge on any atom is -0.389 e. The van der Waals surface area contributed by atoms with E-state index in [0.717, 1.165) is 5.69 Å². The summed E-state index contributed by atoms with van der Waals surface area (Å²) in [5.41, 5.74) is 6.28. The fourth-order valence-corrected chi connectivity index (χ4v) is 0.893. The third kappa shape index (κ3) is 2.45. The summed E-state index contributed by atoms with van der Waals surface area (Å²) in [6.07, 6.45) is -2.05. The van der Waals surface area contributed by atoms with Crippen LogP contribution in [0.5, 0.6) is 0 Å². The monoisotopic (exact) mass is 183 g/mol. The highest BCUT2D eigenvalue weighted by Gasteiger charge is 2.17. The first kappa shape index (κ1) is 10.0. The van der Waals surface area contributed by atoms with E-state index in [4.69, 9.17) is 5.73 Å². The molecule has 4 N–H and O–H groups in total. The van der Waals surface area contributed by atoms with E-state index in [2.05, 4.69) is 10.2 Å². The van der Waals surface area contributed by atoms with Gasteiger partial charge in [-0.3, -0.25) is 0 Å². The Morgan fingerprint density at radius 1 is 1.38 bits per heavy atom. The van der Waals surface area contributed by atoms with Gasteiger partial charge in [-0.15, -0.1) is 0 Å². The molecule has 5 nitrogen and oxygen atoms in total. The summed E-state index contributed by atoms with van der Waals surface area (Å²) in [4.78, 5) is 0. The lowest BCUT2D eigenvalue weighted by Crippen LogP contribution is -2.27. The molecule has 0 fully saturated rings. The number of hydrogen-bond acceptors (Lipinski definition) is 5. The van der Waals surface area contributed by atoms with Gasteiger partial charge in [-0.1, -0.05) is 0 Å². The van der Waals surface area contributed by atoms with E-state index in [1.54, 1.807) is 19.1 Å². The fourth-order valence-electron chi connectivity index (χ4n) is 0.893. The van der Waals surface area contributed by atoms with Gasteiger partial charge in [0, 0.05) is 6.54 Å². The summed E-state index contributed by atoms with van der Waals surface area (Å²) in [7, 11) is 0. The van der Waals surface area contributed by atoms with Crippen LogP contribution < -0.4 is 5.73 Å². The molecule has 1 heterocycles. The molecule has 2 atom stereocenters. The number of aromatic nitrogens is 2. The molecule has 0 radical (unpaired) electrons. The van der Waals surface area contributed by atoms with E-state index < -0.39 is 12.2 Å². The Kier molecular flexibility index (Phi) is 3.30. The predicted octanol–water partition coefficient (Wildman–Crippen LogP) is -0.862. The second-order valence-corrected chi connectivity index (χ2v) is 2.85. The number of aliphatic hydroxyl groups is 2. The maximum Gasteiger partial charge on any atom is 0.125 e. The van der Waals surface area contributed by atoms with Crippen LogP contribution in [-0.4, -0.2) is 33.1 Å². The Morgan fingerprint density at radius 3 is 2.54 bits per heavy atom. The van der Waals surface area contributed by atoms with Gasteiger partial charge in [0.25, 0.3) is 0 Å². The lowest BCUT2D eigenvalue weighted by molar-refractivity contribution is 0.0211. The number of nitrogens with two attached hydrogens (primary N) is 1. The molecule has 0 aliphatic rings. The zero-order valence-corrected chi connectivity index (χ0v) is 7.38. The third-order valence-corrected chi connectivity index (χ3v) is 1.73. The zero-order chi connectivity index (χ0) is 9.84. The fraction of sp³-hybridized carbons (Fsp3) is 0.500. The van der Waals surface area contributed by atoms with E-state index in [1.165, 1.54) is 0 Å². The molecule has 0 aliphatic carbocycles. The molecular weight excluding hydrogens is 170 g/mol. The van der Waals surface area contributed by atoms with Crippen LogP contribution in [0, 0.1) is 6.92 Å². The molecule has 72 valence electrons. The normalized spacial score (nSPS) is 15.4. The van der Waals surface area contributed by atoms with Crippen LogP contribution in [0.15, 0.2) is 12.1 Å². The molecule has 0 saturated carbocycles. The van der Waals surface area contributed by atoms with Gasteiger partial charge in [0.1, 0.15) is 6.10 Å². The van der Waals surface area contributed by atoms with Gasteiger partial charge >= 0.3 is 0 Å². The van der Waals surface area contributed by atoms with Crippen molar-refractivity contribution in [3.8, 4) is 0 Å². The topological polar surface area (TPSA) is 92.3 Å². The van der Waals surface area contributed by atoms with Crippen molar-refractivity contribution < 1.29 is 10.2 Å². The molecule has 5 heteroatoms. The molecule has 0 spiro atoms. The van der Waals surface area contributed by atoms with Gasteiger partial charge in [-0.25, -0.2) is 0 Å². The smallest absolute Gasteiger partial charge is 0.125 e. The number of nitrogens with zero attached hydrogens (tertiary/aromatic N) is 2. The third-order valence-electron chi connectivity index (χ3n) is 1.73. The Balaban J connectivity index is 2.77. The van der Waals surface area contributed by atoms with Crippen molar-refractivity contribution in [2.24, 2.45) is 5.73 Å². The lowest BCUT2D eigenvalue weighted by atomic mass is 10.1. The summed E-state index contributed by atoms with van der Waals surface area (Å²) >= 11 is 0. The van der Waals surface area contributed by atoms with Gasteiger partial charge < -0.3 is 15.9 Å². The highest BCUT2D eigenvalue weighted by Crippen LogP contribution is 2.12. The molecule has 0 aromatic carbocycles. The van der Waals surface area contributed by atoms with Gasteiger partial charge in [0.2, 0.25) is 0 Å². The maximum atomic E-state index is 9.45. The SMILES string of the molecule is Cc1ccc(C(O)C(O)CN)nn1. The predicted molar refractivity (Wildman–Crippen MR) is 46.8 cm³/mol. The van der Waals surface area contributed by atoms with Crippen LogP contribution in [0.4, 0.5) is 0 Å². The van der Waals surface area contributed by atoms with Crippen LogP contribution in [0.1, 0.15) is 17.5 Å². The minimum absolute atomic E-state index is 0.00325. The highest BCUT2D eigenvalue weighted by atomic mass is 16.3. The van der Waals surface area contributed by atoms with Crippen molar-refractivity contribution in [1.29, 1.82) is 0 Å². The summed E-state index contributed by atoms with van der Waals surface area (Å²) in [5.74, 6) is 0. The van der Waals surface area contributed by atoms with Crippen LogP contribution >= 0.6 is 0 Å². The van der Waals surface area contributed by atoms with Crippen molar-refractivity contribution in [3.63, 3.8) is 0 Å². The standard InChI is InChI=1S/C8H13N3O2/c1-5-2-3-6(11-10-5)8(13)7(12)4-9/h2-3,7-8,12-13H,4,9H2,1H3. The molecule has 2 unspecified atom stereocenters. The summed E-state index contributed by atoms with van der Waals surface area (Å²) in [5, 5.41) is 26.1. The summed E-state index contributed by atoms with van der Waals surface area (Å²) in [6.45, 7) is 1.79. The number of hydrogen-bond donors (Lipinski definition) is 3. The van der Waals surface area contributed by atoms with Crippen molar-refractivity contribution in [2.75, 3.05) is 6.54 Å². The highest BCUT2D eigenvalue weighted by molar-refractivity contribution is 5.09. The van der Waals surface area contributed by atoms with E-state index in [9.17, 15) is 10.2 Å². The van der Waals surface area contributed by atoms with Crippen molar-refractivity contribution in [3.05, 3.63) is 23.5 Å². The Labute approximate surface area is 76.2 Å². The Bertz CT molecular complexity index is 263. The van der Waals surface area contributed by atoms with Gasteiger partial charge in [-0.2, -0.15) is 10.2 Å². The van der Waals surface area contributed by atoms with E-state index in [-0.39, 0.29) is 6.54 Å². The van der Waals surface area contributed by atoms with E-state index in [0.29, 0.717) is 5.69 Å². The molecule has 1 aromatic rings. The Morgan fingerprint density at radius 2 is 2.08 bits per heavy atom. The second kappa shape index (κ2) is 4.27. The number of aliphatic hydroxyl groups excluding tert-OH is 2. The van der Waals surface area contributed by atoms with Crippen molar-refractivity contribution in [1.82, 2.24) is 10.2 Å². The first-order valence-electron chi connectivity index (χ1n) is 4.01. The van der Waals surface area contributed by atoms with Crippen LogP contribution in [-0.2, 0) is 0 Å². The van der Waals surface area contributed by atoms with Crippen LogP contribution in [0.3, 0.4) is 0 Å². The quantitative estimate of drug-likeness (QED) is 0.567. The largest absolute Gasteiger partial charge is 0.389 e.